The fraction of sp³-hybridized carbons (Fsp3) is 0.500. The summed E-state index contributed by atoms with van der Waals surface area (Å²) in [4.78, 5) is 17.9. The van der Waals surface area contributed by atoms with E-state index in [9.17, 15) is 4.79 Å². The van der Waals surface area contributed by atoms with Gasteiger partial charge >= 0.3 is 0 Å². The first-order chi connectivity index (χ1) is 12.2. The van der Waals surface area contributed by atoms with Crippen molar-refractivity contribution in [3.05, 3.63) is 46.8 Å². The van der Waals surface area contributed by atoms with Crippen molar-refractivity contribution in [1.29, 1.82) is 0 Å². The van der Waals surface area contributed by atoms with Crippen molar-refractivity contribution in [2.24, 2.45) is 0 Å². The van der Waals surface area contributed by atoms with E-state index in [2.05, 4.69) is 28.9 Å². The van der Waals surface area contributed by atoms with Gasteiger partial charge in [0, 0.05) is 43.5 Å². The minimum Gasteiger partial charge on any atom is -0.332 e. The van der Waals surface area contributed by atoms with E-state index >= 15 is 0 Å². The number of para-hydroxylation sites is 1. The van der Waals surface area contributed by atoms with Crippen LogP contribution in [0.15, 0.2) is 24.3 Å². The second-order valence-corrected chi connectivity index (χ2v) is 7.57. The lowest BCUT2D eigenvalue weighted by Crippen LogP contribution is -2.49. The molecule has 2 bridgehead atoms. The highest BCUT2D eigenvalue weighted by atomic mass is 16.2. The number of aromatic nitrogens is 2. The van der Waals surface area contributed by atoms with Gasteiger partial charge in [-0.1, -0.05) is 18.2 Å². The normalized spacial score (nSPS) is 24.6. The summed E-state index contributed by atoms with van der Waals surface area (Å²) < 4.78 is 2.04. The molecule has 2 fully saturated rings. The van der Waals surface area contributed by atoms with Crippen LogP contribution in [0.3, 0.4) is 0 Å². The van der Waals surface area contributed by atoms with Crippen LogP contribution < -0.4 is 0 Å². The van der Waals surface area contributed by atoms with Crippen LogP contribution in [0.5, 0.6) is 0 Å². The van der Waals surface area contributed by atoms with E-state index in [1.807, 2.05) is 16.8 Å². The molecule has 0 radical (unpaired) electrons. The van der Waals surface area contributed by atoms with Crippen molar-refractivity contribution in [2.75, 3.05) is 26.2 Å². The number of rotatable bonds is 2. The molecule has 3 heterocycles. The molecule has 1 aliphatic carbocycles. The minimum atomic E-state index is 0.150. The zero-order valence-electron chi connectivity index (χ0n) is 14.7. The van der Waals surface area contributed by atoms with Crippen LogP contribution in [-0.4, -0.2) is 57.7 Å². The van der Waals surface area contributed by atoms with Gasteiger partial charge in [0.25, 0.3) is 5.91 Å². The number of piperazine rings is 1. The molecule has 5 nitrogen and oxygen atoms in total. The Hall–Kier alpha value is -2.14. The van der Waals surface area contributed by atoms with Crippen molar-refractivity contribution in [3.63, 3.8) is 0 Å². The number of hydrogen-bond acceptors (Lipinski definition) is 3. The average molecular weight is 336 g/mol. The van der Waals surface area contributed by atoms with Crippen LogP contribution in [0.25, 0.3) is 5.69 Å². The molecule has 25 heavy (non-hydrogen) atoms. The van der Waals surface area contributed by atoms with Crippen LogP contribution in [0.1, 0.15) is 40.2 Å². The van der Waals surface area contributed by atoms with E-state index in [4.69, 9.17) is 5.10 Å². The van der Waals surface area contributed by atoms with Gasteiger partial charge in [-0.2, -0.15) is 5.10 Å². The molecule has 0 saturated carbocycles. The number of carbonyl (C=O) groups excluding carboxylic acids is 1. The maximum absolute atomic E-state index is 13.3. The number of benzene rings is 1. The largest absolute Gasteiger partial charge is 0.332 e. The molecule has 130 valence electrons. The van der Waals surface area contributed by atoms with Crippen molar-refractivity contribution in [3.8, 4) is 5.69 Å². The van der Waals surface area contributed by atoms with Gasteiger partial charge in [0.05, 0.1) is 5.69 Å². The highest BCUT2D eigenvalue weighted by molar-refractivity contribution is 5.94. The zero-order chi connectivity index (χ0) is 17.0. The monoisotopic (exact) mass is 336 g/mol. The average Bonchev–Trinajstić information content (AvgIpc) is 3.31. The minimum absolute atomic E-state index is 0.150. The van der Waals surface area contributed by atoms with Gasteiger partial charge in [-0.15, -0.1) is 0 Å². The highest BCUT2D eigenvalue weighted by Crippen LogP contribution is 2.31. The van der Waals surface area contributed by atoms with Gasteiger partial charge in [-0.05, 0) is 44.2 Å². The quantitative estimate of drug-likeness (QED) is 0.844. The summed E-state index contributed by atoms with van der Waals surface area (Å²) in [7, 11) is 0. The molecule has 2 saturated heterocycles. The lowest BCUT2D eigenvalue weighted by molar-refractivity contribution is 0.0602. The molecule has 2 unspecified atom stereocenters. The summed E-state index contributed by atoms with van der Waals surface area (Å²) >= 11 is 0. The van der Waals surface area contributed by atoms with Gasteiger partial charge in [0.15, 0.2) is 5.69 Å². The second kappa shape index (κ2) is 5.70. The van der Waals surface area contributed by atoms with Crippen molar-refractivity contribution < 1.29 is 4.79 Å². The topological polar surface area (TPSA) is 41.4 Å². The van der Waals surface area contributed by atoms with E-state index in [1.54, 1.807) is 0 Å². The highest BCUT2D eigenvalue weighted by Gasteiger charge is 2.38. The van der Waals surface area contributed by atoms with E-state index in [-0.39, 0.29) is 5.91 Å². The lowest BCUT2D eigenvalue weighted by Gasteiger charge is -2.34. The van der Waals surface area contributed by atoms with Crippen LogP contribution in [-0.2, 0) is 12.8 Å². The molecule has 2 aromatic rings. The molecule has 0 N–H and O–H groups in total. The predicted octanol–water partition coefficient (Wildman–Crippen LogP) is 2.20. The Morgan fingerprint density at radius 1 is 1.16 bits per heavy atom. The third-order valence-electron chi connectivity index (χ3n) is 6.08. The molecule has 5 heteroatoms. The summed E-state index contributed by atoms with van der Waals surface area (Å²) in [5.74, 6) is 0.150. The second-order valence-electron chi connectivity index (χ2n) is 7.57. The lowest BCUT2D eigenvalue weighted by atomic mass is 10.1. The summed E-state index contributed by atoms with van der Waals surface area (Å²) in [5, 5.41) is 4.83. The third-order valence-corrected chi connectivity index (χ3v) is 6.08. The van der Waals surface area contributed by atoms with Crippen molar-refractivity contribution in [2.45, 2.75) is 38.6 Å². The Labute approximate surface area is 148 Å². The Bertz CT molecular complexity index is 840. The van der Waals surface area contributed by atoms with Gasteiger partial charge in [0.2, 0.25) is 0 Å². The standard InChI is InChI=1S/C20H24N4O/c1-14-5-2-3-7-17(14)24-18-8-4-6-16(18)19(21-24)20(25)23-12-11-22-10-9-15(23)13-22/h2-3,5,7,15H,4,6,8-13H2,1H3. The Balaban J connectivity index is 1.55. The molecule has 1 aromatic heterocycles. The molecule has 0 spiro atoms. The smallest absolute Gasteiger partial charge is 0.275 e. The van der Waals surface area contributed by atoms with Gasteiger partial charge in [-0.25, -0.2) is 4.68 Å². The summed E-state index contributed by atoms with van der Waals surface area (Å²) in [6.07, 6.45) is 4.22. The fourth-order valence-corrected chi connectivity index (χ4v) is 4.71. The van der Waals surface area contributed by atoms with Crippen LogP contribution in [0, 0.1) is 6.92 Å². The number of hydrogen-bond donors (Lipinski definition) is 0. The first kappa shape index (κ1) is 15.1. The van der Waals surface area contributed by atoms with E-state index in [0.717, 1.165) is 57.5 Å². The predicted molar refractivity (Wildman–Crippen MR) is 96.2 cm³/mol. The third kappa shape index (κ3) is 2.33. The van der Waals surface area contributed by atoms with E-state index < -0.39 is 0 Å². The Morgan fingerprint density at radius 3 is 2.92 bits per heavy atom. The molecule has 2 aliphatic heterocycles. The fourth-order valence-electron chi connectivity index (χ4n) is 4.71. The molecule has 5 rings (SSSR count). The molecule has 1 aromatic carbocycles. The first-order valence-corrected chi connectivity index (χ1v) is 9.42. The van der Waals surface area contributed by atoms with Crippen LogP contribution >= 0.6 is 0 Å². The van der Waals surface area contributed by atoms with Crippen molar-refractivity contribution >= 4 is 5.91 Å². The summed E-state index contributed by atoms with van der Waals surface area (Å²) in [5.41, 5.74) is 5.43. The van der Waals surface area contributed by atoms with Gasteiger partial charge in [0.1, 0.15) is 0 Å². The molecule has 2 atom stereocenters. The summed E-state index contributed by atoms with van der Waals surface area (Å²) in [6.45, 7) is 6.12. The first-order valence-electron chi connectivity index (χ1n) is 9.42. The van der Waals surface area contributed by atoms with Gasteiger partial charge in [-0.3, -0.25) is 9.69 Å². The number of fused-ring (bicyclic) bond motifs is 3. The zero-order valence-corrected chi connectivity index (χ0v) is 14.7. The SMILES string of the molecule is Cc1ccccc1-n1nc(C(=O)N2CCN3CCC2C3)c2c1CCC2. The Morgan fingerprint density at radius 2 is 2.04 bits per heavy atom. The Kier molecular flexibility index (Phi) is 3.45. The number of aryl methyl sites for hydroxylation is 1. The molecule has 1 amide bonds. The van der Waals surface area contributed by atoms with Crippen LogP contribution in [0.2, 0.25) is 0 Å². The van der Waals surface area contributed by atoms with E-state index in [0.29, 0.717) is 11.7 Å². The molecular formula is C20H24N4O. The maximum Gasteiger partial charge on any atom is 0.275 e. The number of nitrogens with zero attached hydrogens (tertiary/aromatic N) is 4. The maximum atomic E-state index is 13.3. The van der Waals surface area contributed by atoms with Crippen molar-refractivity contribution in [1.82, 2.24) is 19.6 Å². The number of amides is 1. The van der Waals surface area contributed by atoms with Gasteiger partial charge < -0.3 is 4.90 Å². The number of carbonyl (C=O) groups is 1. The van der Waals surface area contributed by atoms with Crippen LogP contribution in [0.4, 0.5) is 0 Å². The molecular weight excluding hydrogens is 312 g/mol. The summed E-state index contributed by atoms with van der Waals surface area (Å²) in [6, 6.07) is 8.68. The van der Waals surface area contributed by atoms with E-state index in [1.165, 1.54) is 16.8 Å². The molecule has 3 aliphatic rings.